The van der Waals surface area contributed by atoms with Crippen molar-refractivity contribution >= 4 is 189 Å². The molecule has 0 atom stereocenters. The van der Waals surface area contributed by atoms with E-state index in [1.54, 1.807) is 0 Å². The zero-order valence-electron chi connectivity index (χ0n) is 79.0. The van der Waals surface area contributed by atoms with Gasteiger partial charge in [-0.2, -0.15) is 0 Å². The van der Waals surface area contributed by atoms with Crippen molar-refractivity contribution in [2.24, 2.45) is 0 Å². The number of fused-ring (bicyclic) bond motifs is 24. The molecule has 0 N–H and O–H groups in total. The van der Waals surface area contributed by atoms with Gasteiger partial charge in [-0.25, -0.2) is 0 Å². The first-order valence-electron chi connectivity index (χ1n) is 48.6. The molecule has 25 aromatic rings. The minimum Gasteiger partial charge on any atom is -0.456 e. The molecule has 8 heterocycles. The molecule has 0 saturated heterocycles. The second-order valence-electron chi connectivity index (χ2n) is 40.2. The Morgan fingerprint density at radius 2 is 0.493 bits per heavy atom. The number of para-hydroxylation sites is 5. The van der Waals surface area contributed by atoms with E-state index in [9.17, 15) is 0 Å². The van der Waals surface area contributed by atoms with E-state index in [0.717, 1.165) is 21.9 Å². The van der Waals surface area contributed by atoms with E-state index in [0.29, 0.717) is 0 Å². The van der Waals surface area contributed by atoms with Crippen LogP contribution in [0, 0.1) is 0 Å². The molecule has 5 nitrogen and oxygen atoms in total. The Hall–Kier alpha value is -15.9. The van der Waals surface area contributed by atoms with Gasteiger partial charge in [-0.3, -0.25) is 0 Å². The summed E-state index contributed by atoms with van der Waals surface area (Å²) in [5, 5.41) is 12.8. The molecule has 29 rings (SSSR count). The van der Waals surface area contributed by atoms with Gasteiger partial charge in [-0.15, -0.1) is 34.0 Å². The topological polar surface area (TPSA) is 27.8 Å². The molecule has 668 valence electrons. The molecule has 0 unspecified atom stereocenters. The fourth-order valence-electron chi connectivity index (χ4n) is 23.7. The lowest BCUT2D eigenvalue weighted by Gasteiger charge is -2.42. The summed E-state index contributed by atoms with van der Waals surface area (Å²) >= 11 is 5.61. The number of rotatable bonds is 8. The van der Waals surface area contributed by atoms with Crippen molar-refractivity contribution in [2.45, 2.75) is 77.0 Å². The third-order valence-electron chi connectivity index (χ3n) is 30.9. The lowest BCUT2D eigenvalue weighted by atomic mass is 9.72. The van der Waals surface area contributed by atoms with Crippen molar-refractivity contribution in [2.75, 3.05) is 14.7 Å². The van der Waals surface area contributed by atoms with Gasteiger partial charge >= 0.3 is 0 Å². The highest BCUT2D eigenvalue weighted by atomic mass is 32.1. The smallest absolute Gasteiger partial charge is 0.135 e. The summed E-state index contributed by atoms with van der Waals surface area (Å²) in [5.41, 5.74) is 39.3. The van der Waals surface area contributed by atoms with Crippen LogP contribution in [0.1, 0.15) is 99.9 Å². The van der Waals surface area contributed by atoms with Gasteiger partial charge in [0, 0.05) is 126 Å². The Bertz CT molecular complexity index is 9110. The second kappa shape index (κ2) is 31.8. The van der Waals surface area contributed by atoms with Gasteiger partial charge < -0.3 is 23.7 Å². The maximum atomic E-state index is 6.11. The number of aromatic nitrogens is 1. The summed E-state index contributed by atoms with van der Waals surface area (Å²) in [4.78, 5) is 7.43. The van der Waals surface area contributed by atoms with Crippen molar-refractivity contribution in [3.05, 3.63) is 481 Å². The standard InChI is InChI=1S/C54H42N2.C39H27NOS.C39H27NS2/c1-53(2)45-20-12-11-19-41(45)42-27-26-40(34-47(42)53)56-51-22-14-13-21-46(51)54(3,4)48-33-38(25-30-52(48)56)37-24-29-50-44(32-37)43-31-36(35-15-7-5-8-16-35)23-28-49(43)55(50)39-17-9-6-10-18-39;1-39(2)31-11-5-6-12-33(31)40(26-17-20-38-30(23-26)28-10-4-8-14-37(28)42-38)34-18-15-25(22-32(34)39)24-16-19-36-29(21-24)27-9-3-7-13-35(27)41-36;1-39(2)31-11-5-6-12-33(31)40(26-17-20-38-30(23-26)28-10-4-8-14-36(28)42-38)34-18-15-25(22-32(34)39)24-16-19-37-29(21-24)27-9-3-7-13-35(27)41-37/h5-34H,1-4H3;2*3-23H,1-2H3. The Morgan fingerprint density at radius 1 is 0.179 bits per heavy atom. The van der Waals surface area contributed by atoms with Gasteiger partial charge in [0.15, 0.2) is 0 Å². The number of furan rings is 1. The fraction of sp³-hybridized carbons (Fsp3) is 0.0909. The predicted molar refractivity (Wildman–Crippen MR) is 599 cm³/mol. The number of hydrogen-bond acceptors (Lipinski definition) is 7. The van der Waals surface area contributed by atoms with Crippen molar-refractivity contribution < 1.29 is 4.42 Å². The molecule has 3 aliphatic heterocycles. The zero-order valence-corrected chi connectivity index (χ0v) is 81.4. The third kappa shape index (κ3) is 13.1. The fourth-order valence-corrected chi connectivity index (χ4v) is 27.0. The summed E-state index contributed by atoms with van der Waals surface area (Å²) in [6, 6.07) is 161. The van der Waals surface area contributed by atoms with Crippen molar-refractivity contribution in [1.82, 2.24) is 4.57 Å². The molecule has 0 radical (unpaired) electrons. The van der Waals surface area contributed by atoms with Crippen molar-refractivity contribution in [3.63, 3.8) is 0 Å². The SMILES string of the molecule is CC1(C)c2ccccc2-c2ccc(N3c4ccccc4C(C)(C)c4cc(-c5ccc6c(c5)c5cc(-c7ccccc7)ccc5n6-c5ccccc5)ccc43)cc21.CC1(C)c2ccccc2N(c2ccc3sc4ccccc4c3c2)c2ccc(-c3ccc4oc5ccccc5c4c3)cc21.CC1(C)c2ccccc2N(c2ccc3sc4ccccc4c3c2)c2ccc(-c3ccc4sc5ccccc5c4c3)cc21. The van der Waals surface area contributed by atoms with Crippen LogP contribution in [-0.2, 0) is 21.7 Å². The molecule has 5 aromatic heterocycles. The van der Waals surface area contributed by atoms with Crippen LogP contribution in [0.2, 0.25) is 0 Å². The minimum absolute atomic E-state index is 0.0761. The summed E-state index contributed by atoms with van der Waals surface area (Å²) in [6.07, 6.45) is 0. The summed E-state index contributed by atoms with van der Waals surface area (Å²) in [6.45, 7) is 19.0. The largest absolute Gasteiger partial charge is 0.456 e. The lowest BCUT2D eigenvalue weighted by Crippen LogP contribution is -2.30. The van der Waals surface area contributed by atoms with Gasteiger partial charge in [-0.05, 0) is 288 Å². The van der Waals surface area contributed by atoms with E-state index in [2.05, 4.69) is 499 Å². The molecule has 0 saturated carbocycles. The molecule has 8 heteroatoms. The number of nitrogens with zero attached hydrogens (tertiary/aromatic N) is 4. The van der Waals surface area contributed by atoms with Crippen molar-refractivity contribution in [3.8, 4) is 61.3 Å². The summed E-state index contributed by atoms with van der Waals surface area (Å²) in [5.74, 6) is 0. The summed E-state index contributed by atoms with van der Waals surface area (Å²) in [7, 11) is 0. The first-order chi connectivity index (χ1) is 68.4. The number of thiophene rings is 3. The quantitative estimate of drug-likeness (QED) is 0.152. The first kappa shape index (κ1) is 83.4. The Balaban J connectivity index is 0.000000107. The molecule has 0 amide bonds. The number of benzene rings is 20. The van der Waals surface area contributed by atoms with Crippen LogP contribution in [-0.4, -0.2) is 4.57 Å². The van der Waals surface area contributed by atoms with E-state index >= 15 is 0 Å². The number of anilines is 9. The average Bonchev–Trinajstić information content (AvgIpc) is 0.808. The molecule has 140 heavy (non-hydrogen) atoms. The van der Waals surface area contributed by atoms with Gasteiger partial charge in [0.25, 0.3) is 0 Å². The number of hydrogen-bond donors (Lipinski definition) is 0. The van der Waals surface area contributed by atoms with Gasteiger partial charge in [0.05, 0.1) is 45.2 Å². The van der Waals surface area contributed by atoms with Gasteiger partial charge in [-0.1, -0.05) is 304 Å². The lowest BCUT2D eigenvalue weighted by molar-refractivity contribution is 0.631. The third-order valence-corrected chi connectivity index (χ3v) is 34.3. The molecule has 0 spiro atoms. The highest BCUT2D eigenvalue weighted by molar-refractivity contribution is 7.26. The predicted octanol–water partition coefficient (Wildman–Crippen LogP) is 38.5. The monoisotopic (exact) mass is 1850 g/mol. The zero-order chi connectivity index (χ0) is 93.8. The van der Waals surface area contributed by atoms with E-state index in [1.807, 2.05) is 46.1 Å². The van der Waals surface area contributed by atoms with Crippen molar-refractivity contribution in [1.29, 1.82) is 0 Å². The molecular weight excluding hydrogens is 1750 g/mol. The maximum Gasteiger partial charge on any atom is 0.135 e. The minimum atomic E-state index is -0.206. The van der Waals surface area contributed by atoms with E-state index in [4.69, 9.17) is 4.42 Å². The van der Waals surface area contributed by atoms with Crippen LogP contribution in [0.4, 0.5) is 51.2 Å². The molecule has 20 aromatic carbocycles. The highest BCUT2D eigenvalue weighted by Gasteiger charge is 2.43. The van der Waals surface area contributed by atoms with E-state index in [1.165, 1.54) is 239 Å². The average molecular weight is 1850 g/mol. The van der Waals surface area contributed by atoms with Crippen LogP contribution in [0.15, 0.2) is 441 Å². The van der Waals surface area contributed by atoms with Crippen LogP contribution < -0.4 is 14.7 Å². The van der Waals surface area contributed by atoms with Crippen LogP contribution in [0.25, 0.3) is 166 Å². The Labute approximate surface area is 826 Å². The highest BCUT2D eigenvalue weighted by Crippen LogP contribution is 2.60. The second-order valence-corrected chi connectivity index (χ2v) is 43.5. The van der Waals surface area contributed by atoms with Crippen LogP contribution >= 0.6 is 34.0 Å². The molecule has 0 bridgehead atoms. The maximum absolute atomic E-state index is 6.11. The Morgan fingerprint density at radius 3 is 0.986 bits per heavy atom. The molecule has 4 aliphatic rings. The van der Waals surface area contributed by atoms with Crippen LogP contribution in [0.5, 0.6) is 0 Å². The van der Waals surface area contributed by atoms with E-state index < -0.39 is 0 Å². The summed E-state index contributed by atoms with van der Waals surface area (Å²) < 4.78 is 16.5. The molecular formula is C132H96N4OS3. The normalized spacial score (nSPS) is 14.3. The molecule has 0 fully saturated rings. The van der Waals surface area contributed by atoms with Gasteiger partial charge in [0.2, 0.25) is 0 Å². The molecule has 1 aliphatic carbocycles. The van der Waals surface area contributed by atoms with Gasteiger partial charge in [0.1, 0.15) is 11.2 Å². The first-order valence-corrected chi connectivity index (χ1v) is 51.1. The van der Waals surface area contributed by atoms with E-state index in [-0.39, 0.29) is 21.7 Å². The van der Waals surface area contributed by atoms with Crippen LogP contribution in [0.3, 0.4) is 0 Å². The Kier molecular flexibility index (Phi) is 19.0.